The normalized spacial score (nSPS) is 17.0. The molecule has 0 aromatic heterocycles. The molecule has 0 saturated heterocycles. The molecule has 0 spiro atoms. The molecule has 0 fully saturated rings. The first-order chi connectivity index (χ1) is 12.9. The molecule has 1 aliphatic rings. The van der Waals surface area contributed by atoms with Gasteiger partial charge in [0.1, 0.15) is 30.8 Å². The Balaban J connectivity index is 1.57. The maximum Gasteiger partial charge on any atom is 0.330 e. The van der Waals surface area contributed by atoms with Crippen molar-refractivity contribution in [3.05, 3.63) is 59.7 Å². The van der Waals surface area contributed by atoms with E-state index in [-0.39, 0.29) is 23.9 Å². The number of nitrogens with one attached hydrogen (secondary N) is 1. The molecule has 1 aliphatic heterocycles. The van der Waals surface area contributed by atoms with Gasteiger partial charge in [-0.25, -0.2) is 13.2 Å². The molecule has 0 aliphatic carbocycles. The minimum absolute atomic E-state index is 0.0741. The number of aliphatic imine (C=N–C) groups is 1. The molecule has 1 N–H and O–H groups in total. The molecule has 0 amide bonds. The van der Waals surface area contributed by atoms with Gasteiger partial charge in [0.15, 0.2) is 0 Å². The summed E-state index contributed by atoms with van der Waals surface area (Å²) in [6, 6.07) is 13.2. The number of esters is 1. The van der Waals surface area contributed by atoms with Crippen molar-refractivity contribution in [2.45, 2.75) is 24.8 Å². The van der Waals surface area contributed by atoms with Gasteiger partial charge in [0.2, 0.25) is 0 Å². The number of nitrogens with zero attached hydrogens (tertiary/aromatic N) is 1. The van der Waals surface area contributed by atoms with E-state index < -0.39 is 22.0 Å². The minimum Gasteiger partial charge on any atom is -0.490 e. The summed E-state index contributed by atoms with van der Waals surface area (Å²) < 4.78 is 37.2. The van der Waals surface area contributed by atoms with E-state index in [2.05, 4.69) is 9.71 Å². The molecule has 2 aromatic carbocycles. The fourth-order valence-electron chi connectivity index (χ4n) is 2.61. The lowest BCUT2D eigenvalue weighted by atomic mass is 10.2. The predicted octanol–water partition coefficient (Wildman–Crippen LogP) is 2.04. The van der Waals surface area contributed by atoms with Gasteiger partial charge in [0.05, 0.1) is 4.90 Å². The second-order valence-corrected chi connectivity index (χ2v) is 7.69. The molecule has 0 unspecified atom stereocenters. The van der Waals surface area contributed by atoms with Crippen LogP contribution in [-0.4, -0.2) is 39.5 Å². The summed E-state index contributed by atoms with van der Waals surface area (Å²) in [4.78, 5) is 16.4. The lowest BCUT2D eigenvalue weighted by molar-refractivity contribution is -0.145. The fraction of sp³-hybridized carbons (Fsp3) is 0.263. The zero-order valence-corrected chi connectivity index (χ0v) is 15.8. The highest BCUT2D eigenvalue weighted by Gasteiger charge is 2.31. The summed E-state index contributed by atoms with van der Waals surface area (Å²) in [5, 5.41) is 0. The van der Waals surface area contributed by atoms with Gasteiger partial charge in [0.25, 0.3) is 10.0 Å². The molecule has 0 saturated carbocycles. The highest BCUT2D eigenvalue weighted by atomic mass is 32.2. The molecule has 1 atom stereocenters. The standard InChI is InChI=1S/C19H20N2O5S/c1-13-7-3-5-9-16(13)25-11-12-26-19(22)14(2)20-18-15-8-4-6-10-17(15)27(23,24)21-18/h3-10,14H,11-12H2,1-2H3,(H,20,21)/t14-/m0/s1. The van der Waals surface area contributed by atoms with Crippen LogP contribution in [0, 0.1) is 6.92 Å². The van der Waals surface area contributed by atoms with Crippen molar-refractivity contribution < 1.29 is 22.7 Å². The maximum atomic E-state index is 12.1. The quantitative estimate of drug-likeness (QED) is 0.604. The molecule has 7 nitrogen and oxygen atoms in total. The van der Waals surface area contributed by atoms with E-state index in [0.717, 1.165) is 11.3 Å². The van der Waals surface area contributed by atoms with Crippen molar-refractivity contribution in [3.8, 4) is 5.75 Å². The van der Waals surface area contributed by atoms with Crippen molar-refractivity contribution in [1.82, 2.24) is 4.72 Å². The lowest BCUT2D eigenvalue weighted by Gasteiger charge is -2.11. The molecule has 0 bridgehead atoms. The molecule has 0 radical (unpaired) electrons. The number of para-hydroxylation sites is 1. The Morgan fingerprint density at radius 3 is 2.59 bits per heavy atom. The SMILES string of the molecule is Cc1ccccc1OCCOC(=O)[C@H](C)N=C1NS(=O)(=O)c2ccccc21. The van der Waals surface area contributed by atoms with Crippen LogP contribution in [0.2, 0.25) is 0 Å². The number of fused-ring (bicyclic) bond motifs is 1. The first kappa shape index (κ1) is 18.9. The maximum absolute atomic E-state index is 12.1. The van der Waals surface area contributed by atoms with E-state index in [9.17, 15) is 13.2 Å². The second kappa shape index (κ2) is 7.79. The van der Waals surface area contributed by atoms with Crippen LogP contribution in [0.5, 0.6) is 5.75 Å². The van der Waals surface area contributed by atoms with Crippen LogP contribution in [-0.2, 0) is 19.6 Å². The van der Waals surface area contributed by atoms with Gasteiger partial charge in [-0.3, -0.25) is 9.71 Å². The van der Waals surface area contributed by atoms with E-state index in [0.29, 0.717) is 5.56 Å². The van der Waals surface area contributed by atoms with Gasteiger partial charge in [0, 0.05) is 5.56 Å². The number of carbonyl (C=O) groups is 1. The Kier molecular flexibility index (Phi) is 5.46. The first-order valence-corrected chi connectivity index (χ1v) is 9.92. The Morgan fingerprint density at radius 2 is 1.81 bits per heavy atom. The third-order valence-corrected chi connectivity index (χ3v) is 5.40. The van der Waals surface area contributed by atoms with Crippen molar-refractivity contribution in [3.63, 3.8) is 0 Å². The number of hydrogen-bond donors (Lipinski definition) is 1. The third kappa shape index (κ3) is 4.28. The summed E-state index contributed by atoms with van der Waals surface area (Å²) in [5.74, 6) is 0.324. The molecule has 8 heteroatoms. The van der Waals surface area contributed by atoms with E-state index in [1.54, 1.807) is 25.1 Å². The number of benzene rings is 2. The van der Waals surface area contributed by atoms with E-state index in [4.69, 9.17) is 9.47 Å². The molecular formula is C19H20N2O5S. The van der Waals surface area contributed by atoms with Crippen LogP contribution in [0.4, 0.5) is 0 Å². The van der Waals surface area contributed by atoms with Gasteiger partial charge >= 0.3 is 5.97 Å². The van der Waals surface area contributed by atoms with Gasteiger partial charge in [-0.2, -0.15) is 0 Å². The Morgan fingerprint density at radius 1 is 1.11 bits per heavy atom. The summed E-state index contributed by atoms with van der Waals surface area (Å²) >= 11 is 0. The zero-order valence-electron chi connectivity index (χ0n) is 15.0. The molecular weight excluding hydrogens is 368 g/mol. The van der Waals surface area contributed by atoms with Crippen LogP contribution < -0.4 is 9.46 Å². The predicted molar refractivity (Wildman–Crippen MR) is 100 cm³/mol. The highest BCUT2D eigenvalue weighted by molar-refractivity contribution is 7.90. The molecule has 142 valence electrons. The monoisotopic (exact) mass is 388 g/mol. The highest BCUT2D eigenvalue weighted by Crippen LogP contribution is 2.22. The van der Waals surface area contributed by atoms with E-state index in [1.807, 2.05) is 31.2 Å². The molecule has 27 heavy (non-hydrogen) atoms. The van der Waals surface area contributed by atoms with Gasteiger partial charge in [-0.15, -0.1) is 0 Å². The number of hydrogen-bond acceptors (Lipinski definition) is 6. The number of sulfonamides is 1. The van der Waals surface area contributed by atoms with Crippen molar-refractivity contribution in [1.29, 1.82) is 0 Å². The summed E-state index contributed by atoms with van der Waals surface area (Å²) in [6.45, 7) is 3.77. The third-order valence-electron chi connectivity index (χ3n) is 4.01. The van der Waals surface area contributed by atoms with Crippen molar-refractivity contribution in [2.75, 3.05) is 13.2 Å². The lowest BCUT2D eigenvalue weighted by Crippen LogP contribution is -2.27. The number of rotatable bonds is 6. The topological polar surface area (TPSA) is 94.1 Å². The summed E-state index contributed by atoms with van der Waals surface area (Å²) in [5.41, 5.74) is 1.44. The number of carbonyl (C=O) groups excluding carboxylic acids is 1. The van der Waals surface area contributed by atoms with Crippen LogP contribution in [0.3, 0.4) is 0 Å². The average Bonchev–Trinajstić information content (AvgIpc) is 2.90. The van der Waals surface area contributed by atoms with Crippen LogP contribution in [0.15, 0.2) is 58.4 Å². The second-order valence-electron chi connectivity index (χ2n) is 6.04. The molecule has 1 heterocycles. The van der Waals surface area contributed by atoms with Crippen LogP contribution in [0.25, 0.3) is 0 Å². The van der Waals surface area contributed by atoms with E-state index in [1.165, 1.54) is 6.07 Å². The fourth-order valence-corrected chi connectivity index (χ4v) is 3.85. The smallest absolute Gasteiger partial charge is 0.330 e. The van der Waals surface area contributed by atoms with E-state index >= 15 is 0 Å². The number of aryl methyl sites for hydroxylation is 1. The van der Waals surface area contributed by atoms with Crippen molar-refractivity contribution >= 4 is 21.8 Å². The number of amidine groups is 1. The first-order valence-electron chi connectivity index (χ1n) is 8.43. The minimum atomic E-state index is -3.63. The van der Waals surface area contributed by atoms with Crippen LogP contribution >= 0.6 is 0 Å². The summed E-state index contributed by atoms with van der Waals surface area (Å²) in [7, 11) is -3.63. The molecule has 2 aromatic rings. The largest absolute Gasteiger partial charge is 0.490 e. The van der Waals surface area contributed by atoms with Crippen LogP contribution in [0.1, 0.15) is 18.1 Å². The Bertz CT molecular complexity index is 985. The van der Waals surface area contributed by atoms with Gasteiger partial charge in [-0.1, -0.05) is 30.3 Å². The Labute approximate surface area is 158 Å². The zero-order chi connectivity index (χ0) is 19.4. The van der Waals surface area contributed by atoms with Crippen molar-refractivity contribution in [2.24, 2.45) is 4.99 Å². The average molecular weight is 388 g/mol. The van der Waals surface area contributed by atoms with Gasteiger partial charge < -0.3 is 9.47 Å². The van der Waals surface area contributed by atoms with Gasteiger partial charge in [-0.05, 0) is 37.6 Å². The molecule has 3 rings (SSSR count). The number of ether oxygens (including phenoxy) is 2. The Hall–Kier alpha value is -2.87. The summed E-state index contributed by atoms with van der Waals surface area (Å²) in [6.07, 6.45) is 0.